The van der Waals surface area contributed by atoms with E-state index in [1.807, 2.05) is 0 Å². The Morgan fingerprint density at radius 2 is 2.12 bits per heavy atom. The summed E-state index contributed by atoms with van der Waals surface area (Å²) in [6.07, 6.45) is 0. The molecule has 1 amide bonds. The Kier molecular flexibility index (Phi) is 5.10. The molecule has 9 heteroatoms. The van der Waals surface area contributed by atoms with Crippen molar-refractivity contribution >= 4 is 39.9 Å². The Labute approximate surface area is 152 Å². The van der Waals surface area contributed by atoms with E-state index in [-0.39, 0.29) is 6.61 Å². The molecule has 3 rings (SSSR count). The molecular formula is C16H15ClN2O5S. The standard InChI is InChI=1S/C16H15ClN2O5S/c1-3-22-15(21)13-8(2)18-16(25-13)19-14(20)9-6-10(17)12-11(7-9)23-4-5-24-12/h6-7H,3-5H2,1-2H3,(H,18,19,20). The van der Waals surface area contributed by atoms with Gasteiger partial charge in [0.2, 0.25) is 0 Å². The summed E-state index contributed by atoms with van der Waals surface area (Å²) in [6, 6.07) is 3.06. The Morgan fingerprint density at radius 3 is 2.88 bits per heavy atom. The van der Waals surface area contributed by atoms with Crippen LogP contribution in [0.1, 0.15) is 32.6 Å². The summed E-state index contributed by atoms with van der Waals surface area (Å²) in [5.74, 6) is -0.0194. The summed E-state index contributed by atoms with van der Waals surface area (Å²) in [6.45, 7) is 4.48. The van der Waals surface area contributed by atoms with Gasteiger partial charge in [-0.1, -0.05) is 22.9 Å². The molecule has 0 fully saturated rings. The van der Waals surface area contributed by atoms with Crippen molar-refractivity contribution in [3.63, 3.8) is 0 Å². The molecule has 25 heavy (non-hydrogen) atoms. The third-order valence-corrected chi connectivity index (χ3v) is 4.67. The fraction of sp³-hybridized carbons (Fsp3) is 0.312. The number of thiazole rings is 1. The van der Waals surface area contributed by atoms with Crippen LogP contribution in [0, 0.1) is 6.92 Å². The van der Waals surface area contributed by atoms with Crippen molar-refractivity contribution in [1.82, 2.24) is 4.98 Å². The number of benzene rings is 1. The van der Waals surface area contributed by atoms with E-state index in [0.29, 0.717) is 51.0 Å². The number of nitrogens with one attached hydrogen (secondary N) is 1. The summed E-state index contributed by atoms with van der Waals surface area (Å²) in [5, 5.41) is 3.25. The van der Waals surface area contributed by atoms with Gasteiger partial charge in [0.1, 0.15) is 18.1 Å². The lowest BCUT2D eigenvalue weighted by Crippen LogP contribution is -2.17. The van der Waals surface area contributed by atoms with Crippen molar-refractivity contribution in [2.24, 2.45) is 0 Å². The molecule has 2 heterocycles. The van der Waals surface area contributed by atoms with E-state index in [4.69, 9.17) is 25.8 Å². The smallest absolute Gasteiger partial charge is 0.350 e. The number of esters is 1. The van der Waals surface area contributed by atoms with Crippen molar-refractivity contribution in [2.45, 2.75) is 13.8 Å². The molecule has 1 N–H and O–H groups in total. The number of halogens is 1. The van der Waals surface area contributed by atoms with Gasteiger partial charge in [-0.3, -0.25) is 10.1 Å². The Morgan fingerprint density at radius 1 is 1.36 bits per heavy atom. The van der Waals surface area contributed by atoms with Crippen LogP contribution < -0.4 is 14.8 Å². The first kappa shape index (κ1) is 17.5. The zero-order valence-electron chi connectivity index (χ0n) is 13.6. The molecule has 132 valence electrons. The van der Waals surface area contributed by atoms with Crippen LogP contribution in [-0.4, -0.2) is 36.7 Å². The number of rotatable bonds is 4. The fourth-order valence-corrected chi connectivity index (χ4v) is 3.37. The minimum atomic E-state index is -0.458. The molecule has 1 aromatic carbocycles. The summed E-state index contributed by atoms with van der Waals surface area (Å²) >= 11 is 7.20. The van der Waals surface area contributed by atoms with Crippen molar-refractivity contribution in [1.29, 1.82) is 0 Å². The molecule has 0 saturated heterocycles. The summed E-state index contributed by atoms with van der Waals surface area (Å²) < 4.78 is 15.8. The van der Waals surface area contributed by atoms with E-state index in [1.165, 1.54) is 6.07 Å². The first-order valence-corrected chi connectivity index (χ1v) is 8.74. The van der Waals surface area contributed by atoms with Crippen LogP contribution in [0.2, 0.25) is 5.02 Å². The minimum Gasteiger partial charge on any atom is -0.486 e. The Hall–Kier alpha value is -2.32. The number of nitrogens with zero attached hydrogens (tertiary/aromatic N) is 1. The number of carbonyl (C=O) groups is 2. The van der Waals surface area contributed by atoms with Gasteiger partial charge in [0.05, 0.1) is 17.3 Å². The van der Waals surface area contributed by atoms with Crippen LogP contribution in [-0.2, 0) is 4.74 Å². The number of hydrogen-bond donors (Lipinski definition) is 1. The highest BCUT2D eigenvalue weighted by Gasteiger charge is 2.21. The second-order valence-electron chi connectivity index (χ2n) is 5.09. The largest absolute Gasteiger partial charge is 0.486 e. The van der Waals surface area contributed by atoms with Gasteiger partial charge in [-0.25, -0.2) is 9.78 Å². The van der Waals surface area contributed by atoms with E-state index < -0.39 is 11.9 Å². The minimum absolute atomic E-state index is 0.271. The second-order valence-corrected chi connectivity index (χ2v) is 6.50. The van der Waals surface area contributed by atoms with Gasteiger partial charge in [0, 0.05) is 5.56 Å². The normalized spacial score (nSPS) is 12.6. The molecule has 1 aromatic heterocycles. The zero-order chi connectivity index (χ0) is 18.0. The number of ether oxygens (including phenoxy) is 3. The number of aromatic nitrogens is 1. The quantitative estimate of drug-likeness (QED) is 0.816. The summed E-state index contributed by atoms with van der Waals surface area (Å²) in [7, 11) is 0. The SMILES string of the molecule is CCOC(=O)c1sc(NC(=O)c2cc(Cl)c3c(c2)OCCO3)nc1C. The number of anilines is 1. The van der Waals surface area contributed by atoms with Gasteiger partial charge in [-0.2, -0.15) is 0 Å². The third-order valence-electron chi connectivity index (χ3n) is 3.34. The van der Waals surface area contributed by atoms with E-state index in [0.717, 1.165) is 11.3 Å². The lowest BCUT2D eigenvalue weighted by Gasteiger charge is -2.20. The van der Waals surface area contributed by atoms with Crippen LogP contribution in [0.4, 0.5) is 5.13 Å². The van der Waals surface area contributed by atoms with Gasteiger partial charge in [0.25, 0.3) is 5.91 Å². The lowest BCUT2D eigenvalue weighted by atomic mass is 10.2. The van der Waals surface area contributed by atoms with Crippen LogP contribution in [0.15, 0.2) is 12.1 Å². The Bertz CT molecular complexity index is 836. The number of fused-ring (bicyclic) bond motifs is 1. The molecule has 0 atom stereocenters. The molecule has 0 saturated carbocycles. The van der Waals surface area contributed by atoms with Crippen molar-refractivity contribution < 1.29 is 23.8 Å². The molecule has 1 aliphatic rings. The van der Waals surface area contributed by atoms with Gasteiger partial charge >= 0.3 is 5.97 Å². The van der Waals surface area contributed by atoms with Crippen molar-refractivity contribution in [3.05, 3.63) is 33.3 Å². The predicted octanol–water partition coefficient (Wildman–Crippen LogP) is 3.31. The summed E-state index contributed by atoms with van der Waals surface area (Å²) in [4.78, 5) is 28.8. The number of carbonyl (C=O) groups excluding carboxylic acids is 2. The van der Waals surface area contributed by atoms with Gasteiger partial charge in [-0.15, -0.1) is 0 Å². The molecule has 0 bridgehead atoms. The number of hydrogen-bond acceptors (Lipinski definition) is 7. The molecule has 0 aliphatic carbocycles. The van der Waals surface area contributed by atoms with E-state index in [1.54, 1.807) is 19.9 Å². The molecule has 2 aromatic rings. The highest BCUT2D eigenvalue weighted by Crippen LogP contribution is 2.38. The van der Waals surface area contributed by atoms with E-state index in [9.17, 15) is 9.59 Å². The molecule has 1 aliphatic heterocycles. The van der Waals surface area contributed by atoms with E-state index in [2.05, 4.69) is 10.3 Å². The van der Waals surface area contributed by atoms with Crippen LogP contribution in [0.25, 0.3) is 0 Å². The average molecular weight is 383 g/mol. The number of amides is 1. The van der Waals surface area contributed by atoms with Crippen LogP contribution in [0.3, 0.4) is 0 Å². The highest BCUT2D eigenvalue weighted by atomic mass is 35.5. The Balaban J connectivity index is 1.80. The number of aryl methyl sites for hydroxylation is 1. The maximum atomic E-state index is 12.5. The molecular weight excluding hydrogens is 368 g/mol. The van der Waals surface area contributed by atoms with Gasteiger partial charge < -0.3 is 14.2 Å². The van der Waals surface area contributed by atoms with Crippen molar-refractivity contribution in [3.8, 4) is 11.5 Å². The first-order valence-electron chi connectivity index (χ1n) is 7.54. The molecule has 0 radical (unpaired) electrons. The molecule has 7 nitrogen and oxygen atoms in total. The van der Waals surface area contributed by atoms with E-state index >= 15 is 0 Å². The van der Waals surface area contributed by atoms with Crippen molar-refractivity contribution in [2.75, 3.05) is 25.1 Å². The predicted molar refractivity (Wildman–Crippen MR) is 93.2 cm³/mol. The third kappa shape index (κ3) is 3.69. The van der Waals surface area contributed by atoms with Crippen LogP contribution in [0.5, 0.6) is 11.5 Å². The monoisotopic (exact) mass is 382 g/mol. The van der Waals surface area contributed by atoms with Gasteiger partial charge in [-0.05, 0) is 26.0 Å². The molecule has 0 unspecified atom stereocenters. The highest BCUT2D eigenvalue weighted by molar-refractivity contribution is 7.17. The maximum Gasteiger partial charge on any atom is 0.350 e. The first-order chi connectivity index (χ1) is 12.0. The summed E-state index contributed by atoms with van der Waals surface area (Å²) in [5.41, 5.74) is 0.804. The fourth-order valence-electron chi connectivity index (χ4n) is 2.25. The maximum absolute atomic E-state index is 12.5. The van der Waals surface area contributed by atoms with Crippen LogP contribution >= 0.6 is 22.9 Å². The average Bonchev–Trinajstić information content (AvgIpc) is 2.95. The topological polar surface area (TPSA) is 86.8 Å². The second kappa shape index (κ2) is 7.28. The zero-order valence-corrected chi connectivity index (χ0v) is 15.1. The van der Waals surface area contributed by atoms with Gasteiger partial charge in [0.15, 0.2) is 16.6 Å². The lowest BCUT2D eigenvalue weighted by molar-refractivity contribution is 0.0531. The molecule has 0 spiro atoms.